The average molecular weight is 290 g/mol. The molecule has 2 amide bonds. The van der Waals surface area contributed by atoms with Crippen LogP contribution in [0.3, 0.4) is 0 Å². The van der Waals surface area contributed by atoms with Gasteiger partial charge in [0.05, 0.1) is 17.9 Å². The highest BCUT2D eigenvalue weighted by Gasteiger charge is 2.19. The molecule has 114 valence electrons. The van der Waals surface area contributed by atoms with E-state index in [-0.39, 0.29) is 12.5 Å². The zero-order valence-electron chi connectivity index (χ0n) is 12.3. The molecule has 0 saturated carbocycles. The van der Waals surface area contributed by atoms with Gasteiger partial charge in [-0.15, -0.1) is 0 Å². The van der Waals surface area contributed by atoms with Crippen molar-refractivity contribution in [3.63, 3.8) is 0 Å². The van der Waals surface area contributed by atoms with E-state index >= 15 is 0 Å². The van der Waals surface area contributed by atoms with E-state index < -0.39 is 5.91 Å². The SMILES string of the molecule is CCCCN(CC(N)=O)c1cc2c(cc1N)CCC(=O)N2. The summed E-state index contributed by atoms with van der Waals surface area (Å²) in [5.74, 6) is -0.388. The van der Waals surface area contributed by atoms with Crippen molar-refractivity contribution in [1.29, 1.82) is 0 Å². The van der Waals surface area contributed by atoms with Gasteiger partial charge in [-0.25, -0.2) is 0 Å². The van der Waals surface area contributed by atoms with E-state index in [9.17, 15) is 9.59 Å². The Morgan fingerprint density at radius 2 is 2.14 bits per heavy atom. The average Bonchev–Trinajstić information content (AvgIpc) is 2.43. The van der Waals surface area contributed by atoms with Crippen molar-refractivity contribution in [1.82, 2.24) is 0 Å². The monoisotopic (exact) mass is 290 g/mol. The number of nitrogen functional groups attached to an aromatic ring is 1. The van der Waals surface area contributed by atoms with Gasteiger partial charge in [0.25, 0.3) is 0 Å². The Morgan fingerprint density at radius 1 is 1.38 bits per heavy atom. The first-order valence-electron chi connectivity index (χ1n) is 7.26. The molecule has 21 heavy (non-hydrogen) atoms. The third kappa shape index (κ3) is 3.65. The summed E-state index contributed by atoms with van der Waals surface area (Å²) in [6.45, 7) is 2.91. The third-order valence-corrected chi connectivity index (χ3v) is 3.62. The van der Waals surface area contributed by atoms with Crippen molar-refractivity contribution in [2.75, 3.05) is 29.0 Å². The maximum atomic E-state index is 11.5. The zero-order chi connectivity index (χ0) is 15.4. The molecular weight excluding hydrogens is 268 g/mol. The highest BCUT2D eigenvalue weighted by Crippen LogP contribution is 2.33. The van der Waals surface area contributed by atoms with Gasteiger partial charge in [0.15, 0.2) is 0 Å². The maximum Gasteiger partial charge on any atom is 0.236 e. The molecule has 1 aromatic carbocycles. The van der Waals surface area contributed by atoms with Gasteiger partial charge in [-0.2, -0.15) is 0 Å². The first kappa shape index (κ1) is 15.2. The molecule has 1 aromatic rings. The molecule has 0 bridgehead atoms. The summed E-state index contributed by atoms with van der Waals surface area (Å²) in [5, 5.41) is 2.85. The number of carbonyl (C=O) groups excluding carboxylic acids is 2. The van der Waals surface area contributed by atoms with Crippen LogP contribution in [0.4, 0.5) is 17.1 Å². The molecule has 0 atom stereocenters. The number of aryl methyl sites for hydroxylation is 1. The van der Waals surface area contributed by atoms with Crippen molar-refractivity contribution in [2.24, 2.45) is 5.73 Å². The molecule has 0 aromatic heterocycles. The van der Waals surface area contributed by atoms with Crippen LogP contribution in [0, 0.1) is 0 Å². The smallest absolute Gasteiger partial charge is 0.236 e. The van der Waals surface area contributed by atoms with Gasteiger partial charge in [-0.05, 0) is 30.5 Å². The minimum absolute atomic E-state index is 0.00762. The molecule has 0 unspecified atom stereocenters. The number of primary amides is 1. The Balaban J connectivity index is 2.32. The second-order valence-electron chi connectivity index (χ2n) is 5.36. The number of hydrogen-bond acceptors (Lipinski definition) is 4. The van der Waals surface area contributed by atoms with E-state index in [1.165, 1.54) is 0 Å². The van der Waals surface area contributed by atoms with E-state index in [0.717, 1.165) is 29.8 Å². The molecule has 0 spiro atoms. The predicted molar refractivity (Wildman–Crippen MR) is 84.1 cm³/mol. The van der Waals surface area contributed by atoms with Crippen LogP contribution in [-0.4, -0.2) is 24.9 Å². The lowest BCUT2D eigenvalue weighted by Crippen LogP contribution is -2.35. The minimum atomic E-state index is -0.396. The quantitative estimate of drug-likeness (QED) is 0.686. The van der Waals surface area contributed by atoms with Gasteiger partial charge in [0, 0.05) is 18.7 Å². The Kier molecular flexibility index (Phi) is 4.67. The molecule has 0 saturated heterocycles. The van der Waals surface area contributed by atoms with Crippen LogP contribution in [0.2, 0.25) is 0 Å². The molecule has 6 heteroatoms. The van der Waals surface area contributed by atoms with Crippen LogP contribution in [0.1, 0.15) is 31.7 Å². The van der Waals surface area contributed by atoms with Crippen LogP contribution in [0.5, 0.6) is 0 Å². The van der Waals surface area contributed by atoms with Crippen molar-refractivity contribution < 1.29 is 9.59 Å². The number of nitrogens with two attached hydrogens (primary N) is 2. The Bertz CT molecular complexity index is 557. The summed E-state index contributed by atoms with van der Waals surface area (Å²) in [5.41, 5.74) is 14.6. The maximum absolute atomic E-state index is 11.5. The number of anilines is 3. The van der Waals surface area contributed by atoms with Crippen molar-refractivity contribution in [3.05, 3.63) is 17.7 Å². The van der Waals surface area contributed by atoms with Crippen molar-refractivity contribution in [2.45, 2.75) is 32.6 Å². The highest BCUT2D eigenvalue weighted by atomic mass is 16.2. The summed E-state index contributed by atoms with van der Waals surface area (Å²) >= 11 is 0. The second kappa shape index (κ2) is 6.47. The molecule has 6 nitrogen and oxygen atoms in total. The van der Waals surface area contributed by atoms with Gasteiger partial charge in [-0.1, -0.05) is 13.3 Å². The summed E-state index contributed by atoms with van der Waals surface area (Å²) in [7, 11) is 0. The first-order valence-corrected chi connectivity index (χ1v) is 7.26. The van der Waals surface area contributed by atoms with Crippen LogP contribution in [0.15, 0.2) is 12.1 Å². The number of carbonyl (C=O) groups is 2. The predicted octanol–water partition coefficient (Wildman–Crippen LogP) is 1.25. The largest absolute Gasteiger partial charge is 0.397 e. The summed E-state index contributed by atoms with van der Waals surface area (Å²) < 4.78 is 0. The van der Waals surface area contributed by atoms with Crippen molar-refractivity contribution >= 4 is 28.9 Å². The van der Waals surface area contributed by atoms with Gasteiger partial charge in [0.2, 0.25) is 11.8 Å². The van der Waals surface area contributed by atoms with E-state index in [2.05, 4.69) is 12.2 Å². The Hall–Kier alpha value is -2.24. The number of fused-ring (bicyclic) bond motifs is 1. The number of benzene rings is 1. The number of rotatable bonds is 6. The molecule has 0 aliphatic carbocycles. The minimum Gasteiger partial charge on any atom is -0.397 e. The lowest BCUT2D eigenvalue weighted by atomic mass is 10.0. The van der Waals surface area contributed by atoms with Gasteiger partial charge in [0.1, 0.15) is 0 Å². The van der Waals surface area contributed by atoms with E-state index in [1.807, 2.05) is 17.0 Å². The fraction of sp³-hybridized carbons (Fsp3) is 0.467. The Labute approximate surface area is 124 Å². The summed E-state index contributed by atoms with van der Waals surface area (Å²) in [6.07, 6.45) is 3.12. The van der Waals surface area contributed by atoms with E-state index in [0.29, 0.717) is 25.1 Å². The van der Waals surface area contributed by atoms with Gasteiger partial charge < -0.3 is 21.7 Å². The van der Waals surface area contributed by atoms with Crippen LogP contribution < -0.4 is 21.7 Å². The van der Waals surface area contributed by atoms with E-state index in [4.69, 9.17) is 11.5 Å². The number of nitrogens with one attached hydrogen (secondary N) is 1. The molecule has 0 fully saturated rings. The zero-order valence-corrected chi connectivity index (χ0v) is 12.3. The molecule has 1 aliphatic rings. The normalized spacial score (nSPS) is 13.5. The third-order valence-electron chi connectivity index (χ3n) is 3.62. The van der Waals surface area contributed by atoms with Crippen LogP contribution >= 0.6 is 0 Å². The molecular formula is C15H22N4O2. The summed E-state index contributed by atoms with van der Waals surface area (Å²) in [6, 6.07) is 3.73. The van der Waals surface area contributed by atoms with Gasteiger partial charge in [-0.3, -0.25) is 9.59 Å². The topological polar surface area (TPSA) is 101 Å². The fourth-order valence-electron chi connectivity index (χ4n) is 2.53. The number of hydrogen-bond donors (Lipinski definition) is 3. The molecule has 1 heterocycles. The molecule has 1 aliphatic heterocycles. The lowest BCUT2D eigenvalue weighted by Gasteiger charge is -2.27. The van der Waals surface area contributed by atoms with E-state index in [1.54, 1.807) is 0 Å². The summed E-state index contributed by atoms with van der Waals surface area (Å²) in [4.78, 5) is 24.7. The molecule has 0 radical (unpaired) electrons. The fourth-order valence-corrected chi connectivity index (χ4v) is 2.53. The second-order valence-corrected chi connectivity index (χ2v) is 5.36. The Morgan fingerprint density at radius 3 is 2.81 bits per heavy atom. The number of nitrogens with zero attached hydrogens (tertiary/aromatic N) is 1. The van der Waals surface area contributed by atoms with Crippen LogP contribution in [0.25, 0.3) is 0 Å². The molecule has 5 N–H and O–H groups in total. The highest BCUT2D eigenvalue weighted by molar-refractivity contribution is 5.96. The first-order chi connectivity index (χ1) is 10.0. The van der Waals surface area contributed by atoms with Gasteiger partial charge >= 0.3 is 0 Å². The van der Waals surface area contributed by atoms with Crippen molar-refractivity contribution in [3.8, 4) is 0 Å². The number of amides is 2. The number of unbranched alkanes of at least 4 members (excludes halogenated alkanes) is 1. The standard InChI is InChI=1S/C15H22N4O2/c1-2-3-6-19(9-14(17)20)13-8-12-10(7-11(13)16)4-5-15(21)18-12/h7-8H,2-6,9,16H2,1H3,(H2,17,20)(H,18,21). The lowest BCUT2D eigenvalue weighted by molar-refractivity contribution is -0.117. The molecule has 2 rings (SSSR count). The van der Waals surface area contributed by atoms with Crippen LogP contribution in [-0.2, 0) is 16.0 Å².